The molecule has 0 radical (unpaired) electrons. The number of nitrogens with one attached hydrogen (secondary N) is 2. The van der Waals surface area contributed by atoms with Gasteiger partial charge in [-0.1, -0.05) is 12.1 Å². The van der Waals surface area contributed by atoms with Crippen LogP contribution in [0.25, 0.3) is 0 Å². The number of ether oxygens (including phenoxy) is 3. The summed E-state index contributed by atoms with van der Waals surface area (Å²) in [6.07, 6.45) is 0.0682. The predicted octanol–water partition coefficient (Wildman–Crippen LogP) is 4.06. The van der Waals surface area contributed by atoms with Crippen LogP contribution < -0.4 is 20.1 Å². The van der Waals surface area contributed by atoms with Crippen molar-refractivity contribution in [2.75, 3.05) is 19.5 Å². The monoisotopic (exact) mass is 402 g/mol. The third-order valence-electron chi connectivity index (χ3n) is 4.03. The number of thiocarbonyl (C=S) groups is 1. The number of carbonyl (C=O) groups is 1. The van der Waals surface area contributed by atoms with Gasteiger partial charge in [-0.15, -0.1) is 0 Å². The molecular weight excluding hydrogens is 376 g/mol. The Balaban J connectivity index is 2.02. The molecule has 7 heteroatoms. The molecular formula is C21H26N2O4S. The zero-order chi connectivity index (χ0) is 20.7. The fourth-order valence-electron chi connectivity index (χ4n) is 2.62. The minimum atomic E-state index is -0.379. The lowest BCUT2D eigenvalue weighted by Crippen LogP contribution is -2.28. The molecule has 0 spiro atoms. The van der Waals surface area contributed by atoms with Crippen LogP contribution in [0.5, 0.6) is 11.5 Å². The van der Waals surface area contributed by atoms with E-state index in [1.54, 1.807) is 19.2 Å². The summed E-state index contributed by atoms with van der Waals surface area (Å²) in [5, 5.41) is 6.73. The Morgan fingerprint density at radius 3 is 2.54 bits per heavy atom. The quantitative estimate of drug-likeness (QED) is 0.534. The van der Waals surface area contributed by atoms with Gasteiger partial charge < -0.3 is 24.8 Å². The van der Waals surface area contributed by atoms with Crippen LogP contribution in [0, 0.1) is 6.92 Å². The van der Waals surface area contributed by atoms with Crippen LogP contribution >= 0.6 is 12.2 Å². The Morgan fingerprint density at radius 2 is 1.89 bits per heavy atom. The van der Waals surface area contributed by atoms with E-state index in [0.717, 1.165) is 16.8 Å². The van der Waals surface area contributed by atoms with E-state index in [2.05, 4.69) is 10.6 Å². The van der Waals surface area contributed by atoms with E-state index < -0.39 is 0 Å². The summed E-state index contributed by atoms with van der Waals surface area (Å²) in [7, 11) is 2.98. The van der Waals surface area contributed by atoms with E-state index in [9.17, 15) is 4.79 Å². The number of hydrogen-bond donors (Lipinski definition) is 2. The van der Waals surface area contributed by atoms with Crippen LogP contribution in [0.1, 0.15) is 35.3 Å². The van der Waals surface area contributed by atoms with Gasteiger partial charge >= 0.3 is 5.97 Å². The second-order valence-corrected chi connectivity index (χ2v) is 6.84. The molecule has 150 valence electrons. The predicted molar refractivity (Wildman–Crippen MR) is 114 cm³/mol. The highest BCUT2D eigenvalue weighted by molar-refractivity contribution is 7.80. The summed E-state index contributed by atoms with van der Waals surface area (Å²) in [5.41, 5.74) is 3.02. The molecule has 0 fully saturated rings. The summed E-state index contributed by atoms with van der Waals surface area (Å²) >= 11 is 5.38. The standard InChI is InChI=1S/C21H26N2O4S/c1-13(2)27-18-10-9-15(11-19(18)25-4)12-22-21(28)23-17-8-6-7-16(14(17)3)20(24)26-5/h6-11,13H,12H2,1-5H3,(H2,22,23,28). The van der Waals surface area contributed by atoms with E-state index in [0.29, 0.717) is 28.7 Å². The van der Waals surface area contributed by atoms with Crippen molar-refractivity contribution in [2.45, 2.75) is 33.4 Å². The van der Waals surface area contributed by atoms with Crippen molar-refractivity contribution in [3.05, 3.63) is 53.1 Å². The van der Waals surface area contributed by atoms with Gasteiger partial charge in [0.15, 0.2) is 16.6 Å². The lowest BCUT2D eigenvalue weighted by Gasteiger charge is -2.16. The van der Waals surface area contributed by atoms with Gasteiger partial charge in [0.05, 0.1) is 25.9 Å². The molecule has 0 aromatic heterocycles. The van der Waals surface area contributed by atoms with Gasteiger partial charge in [-0.25, -0.2) is 4.79 Å². The average Bonchev–Trinajstić information content (AvgIpc) is 2.67. The zero-order valence-corrected chi connectivity index (χ0v) is 17.6. The van der Waals surface area contributed by atoms with Crippen LogP contribution in [-0.2, 0) is 11.3 Å². The van der Waals surface area contributed by atoms with E-state index in [1.165, 1.54) is 7.11 Å². The van der Waals surface area contributed by atoms with Gasteiger partial charge in [0.25, 0.3) is 0 Å². The van der Waals surface area contributed by atoms with Crippen molar-refractivity contribution >= 4 is 29.0 Å². The highest BCUT2D eigenvalue weighted by Gasteiger charge is 2.13. The minimum Gasteiger partial charge on any atom is -0.493 e. The lowest BCUT2D eigenvalue weighted by atomic mass is 10.1. The van der Waals surface area contributed by atoms with Crippen molar-refractivity contribution < 1.29 is 19.0 Å². The molecule has 0 aliphatic heterocycles. The zero-order valence-electron chi connectivity index (χ0n) is 16.8. The largest absolute Gasteiger partial charge is 0.493 e. The molecule has 2 aromatic rings. The SMILES string of the molecule is COC(=O)c1cccc(NC(=S)NCc2ccc(OC(C)C)c(OC)c2)c1C. The normalized spacial score (nSPS) is 10.4. The van der Waals surface area contributed by atoms with Crippen LogP contribution in [0.15, 0.2) is 36.4 Å². The number of esters is 1. The number of methoxy groups -OCH3 is 2. The second-order valence-electron chi connectivity index (χ2n) is 6.43. The Bertz CT molecular complexity index is 852. The summed E-state index contributed by atoms with van der Waals surface area (Å²) in [6.45, 7) is 6.29. The van der Waals surface area contributed by atoms with Gasteiger partial charge in [-0.05, 0) is 68.4 Å². The minimum absolute atomic E-state index is 0.0682. The first kappa shape index (κ1) is 21.5. The number of rotatable bonds is 7. The number of anilines is 1. The van der Waals surface area contributed by atoms with Crippen molar-refractivity contribution in [2.24, 2.45) is 0 Å². The molecule has 2 aromatic carbocycles. The van der Waals surface area contributed by atoms with E-state index in [4.69, 9.17) is 26.4 Å². The highest BCUT2D eigenvalue weighted by Crippen LogP contribution is 2.29. The van der Waals surface area contributed by atoms with Gasteiger partial charge in [0.2, 0.25) is 0 Å². The maximum Gasteiger partial charge on any atom is 0.338 e. The topological polar surface area (TPSA) is 68.8 Å². The van der Waals surface area contributed by atoms with Crippen LogP contribution in [0.2, 0.25) is 0 Å². The van der Waals surface area contributed by atoms with E-state index >= 15 is 0 Å². The van der Waals surface area contributed by atoms with Gasteiger partial charge in [-0.2, -0.15) is 0 Å². The summed E-state index contributed by atoms with van der Waals surface area (Å²) in [4.78, 5) is 11.8. The molecule has 0 saturated heterocycles. The maximum absolute atomic E-state index is 11.8. The fraction of sp³-hybridized carbons (Fsp3) is 0.333. The first-order chi connectivity index (χ1) is 13.3. The van der Waals surface area contributed by atoms with Crippen molar-refractivity contribution in [1.82, 2.24) is 5.32 Å². The van der Waals surface area contributed by atoms with Gasteiger partial charge in [0, 0.05) is 12.2 Å². The van der Waals surface area contributed by atoms with Crippen LogP contribution in [-0.4, -0.2) is 31.4 Å². The highest BCUT2D eigenvalue weighted by atomic mass is 32.1. The molecule has 0 unspecified atom stereocenters. The Kier molecular flexibility index (Phi) is 7.63. The lowest BCUT2D eigenvalue weighted by molar-refractivity contribution is 0.0600. The van der Waals surface area contributed by atoms with Gasteiger partial charge in [0.1, 0.15) is 0 Å². The smallest absolute Gasteiger partial charge is 0.338 e. The molecule has 0 aliphatic rings. The molecule has 0 aliphatic carbocycles. The number of carbonyl (C=O) groups excluding carboxylic acids is 1. The third-order valence-corrected chi connectivity index (χ3v) is 4.28. The molecule has 0 bridgehead atoms. The Hall–Kier alpha value is -2.80. The molecule has 6 nitrogen and oxygen atoms in total. The molecule has 0 amide bonds. The number of hydrogen-bond acceptors (Lipinski definition) is 5. The van der Waals surface area contributed by atoms with Gasteiger partial charge in [-0.3, -0.25) is 0 Å². The molecule has 0 atom stereocenters. The van der Waals surface area contributed by atoms with Crippen LogP contribution in [0.3, 0.4) is 0 Å². The molecule has 28 heavy (non-hydrogen) atoms. The number of benzene rings is 2. The second kappa shape index (κ2) is 9.94. The van der Waals surface area contributed by atoms with Crippen LogP contribution in [0.4, 0.5) is 5.69 Å². The first-order valence-electron chi connectivity index (χ1n) is 8.92. The summed E-state index contributed by atoms with van der Waals surface area (Å²) in [6, 6.07) is 11.1. The maximum atomic E-state index is 11.8. The molecule has 0 saturated carbocycles. The molecule has 2 rings (SSSR count). The van der Waals surface area contributed by atoms with E-state index in [1.807, 2.05) is 45.0 Å². The average molecular weight is 403 g/mol. The molecule has 2 N–H and O–H groups in total. The first-order valence-corrected chi connectivity index (χ1v) is 9.32. The van der Waals surface area contributed by atoms with E-state index in [-0.39, 0.29) is 12.1 Å². The third kappa shape index (κ3) is 5.60. The summed E-state index contributed by atoms with van der Waals surface area (Å²) in [5.74, 6) is 1.00. The Morgan fingerprint density at radius 1 is 1.14 bits per heavy atom. The van der Waals surface area contributed by atoms with Crippen molar-refractivity contribution in [3.8, 4) is 11.5 Å². The van der Waals surface area contributed by atoms with Crippen molar-refractivity contribution in [3.63, 3.8) is 0 Å². The summed E-state index contributed by atoms with van der Waals surface area (Å²) < 4.78 is 15.9. The van der Waals surface area contributed by atoms with Crippen molar-refractivity contribution in [1.29, 1.82) is 0 Å². The molecule has 0 heterocycles. The fourth-order valence-corrected chi connectivity index (χ4v) is 2.81. The Labute approximate surface area is 171 Å².